The van der Waals surface area contributed by atoms with E-state index in [4.69, 9.17) is 5.11 Å². The largest absolute Gasteiger partial charge is 0.384 e. The summed E-state index contributed by atoms with van der Waals surface area (Å²) < 4.78 is 0. The topological polar surface area (TPSA) is 53.4 Å². The van der Waals surface area contributed by atoms with Crippen LogP contribution in [0.3, 0.4) is 0 Å². The smallest absolute Gasteiger partial charge is 0.255 e. The van der Waals surface area contributed by atoms with Crippen LogP contribution in [0.15, 0.2) is 18.5 Å². The monoisotopic (exact) mass is 272 g/mol. The van der Waals surface area contributed by atoms with Gasteiger partial charge in [-0.2, -0.15) is 0 Å². The third kappa shape index (κ3) is 3.17. The number of carbonyl (C=O) groups is 1. The molecule has 0 spiro atoms. The SMILES string of the molecule is CC(C)C1CCN(C(=O)c2ccncc2C#CCO)C1. The number of aliphatic hydroxyl groups excluding tert-OH is 1. The van der Waals surface area contributed by atoms with Crippen LogP contribution in [-0.2, 0) is 0 Å². The molecule has 1 aliphatic heterocycles. The quantitative estimate of drug-likeness (QED) is 0.831. The van der Waals surface area contributed by atoms with Crippen molar-refractivity contribution in [1.82, 2.24) is 9.88 Å². The minimum atomic E-state index is -0.221. The molecule has 106 valence electrons. The highest BCUT2D eigenvalue weighted by Gasteiger charge is 2.29. The van der Waals surface area contributed by atoms with Gasteiger partial charge in [-0.25, -0.2) is 0 Å². The van der Waals surface area contributed by atoms with Gasteiger partial charge in [0.05, 0.1) is 11.1 Å². The number of nitrogens with zero attached hydrogens (tertiary/aromatic N) is 2. The molecular weight excluding hydrogens is 252 g/mol. The average molecular weight is 272 g/mol. The second kappa shape index (κ2) is 6.53. The molecule has 0 bridgehead atoms. The van der Waals surface area contributed by atoms with Gasteiger partial charge >= 0.3 is 0 Å². The van der Waals surface area contributed by atoms with Crippen molar-refractivity contribution in [3.63, 3.8) is 0 Å². The van der Waals surface area contributed by atoms with Crippen molar-refractivity contribution in [2.24, 2.45) is 11.8 Å². The Morgan fingerprint density at radius 2 is 2.40 bits per heavy atom. The molecule has 0 radical (unpaired) electrons. The van der Waals surface area contributed by atoms with Crippen LogP contribution >= 0.6 is 0 Å². The number of aromatic nitrogens is 1. The van der Waals surface area contributed by atoms with Gasteiger partial charge < -0.3 is 10.0 Å². The first-order valence-corrected chi connectivity index (χ1v) is 6.96. The molecule has 1 aliphatic rings. The van der Waals surface area contributed by atoms with Crippen LogP contribution in [0.2, 0.25) is 0 Å². The number of likely N-dealkylation sites (tertiary alicyclic amines) is 1. The molecule has 20 heavy (non-hydrogen) atoms. The van der Waals surface area contributed by atoms with E-state index in [1.807, 2.05) is 4.90 Å². The number of hydrogen-bond acceptors (Lipinski definition) is 3. The lowest BCUT2D eigenvalue weighted by molar-refractivity contribution is 0.0783. The molecule has 1 amide bonds. The highest BCUT2D eigenvalue weighted by Crippen LogP contribution is 2.25. The minimum absolute atomic E-state index is 0.0118. The Morgan fingerprint density at radius 3 is 3.05 bits per heavy atom. The first-order chi connectivity index (χ1) is 9.63. The van der Waals surface area contributed by atoms with Crippen LogP contribution in [0.1, 0.15) is 36.2 Å². The van der Waals surface area contributed by atoms with E-state index in [1.165, 1.54) is 0 Å². The van der Waals surface area contributed by atoms with E-state index in [1.54, 1.807) is 18.5 Å². The fourth-order valence-corrected chi connectivity index (χ4v) is 2.50. The third-order valence-electron chi connectivity index (χ3n) is 3.81. The van der Waals surface area contributed by atoms with Gasteiger partial charge in [-0.15, -0.1) is 0 Å². The predicted octanol–water partition coefficient (Wildman–Crippen LogP) is 1.54. The summed E-state index contributed by atoms with van der Waals surface area (Å²) in [6, 6.07) is 1.70. The van der Waals surface area contributed by atoms with E-state index in [0.717, 1.165) is 19.5 Å². The molecule has 4 nitrogen and oxygen atoms in total. The van der Waals surface area contributed by atoms with Crippen molar-refractivity contribution in [2.45, 2.75) is 20.3 Å². The maximum Gasteiger partial charge on any atom is 0.255 e. The standard InChI is InChI=1S/C16H20N2O2/c1-12(2)14-6-8-18(11-14)16(20)15-5-7-17-10-13(15)4-3-9-19/h5,7,10,12,14,19H,6,8-9,11H2,1-2H3. The molecule has 1 fully saturated rings. The van der Waals surface area contributed by atoms with Crippen LogP contribution in [0.4, 0.5) is 0 Å². The van der Waals surface area contributed by atoms with Gasteiger partial charge in [0.1, 0.15) is 6.61 Å². The average Bonchev–Trinajstić information content (AvgIpc) is 2.94. The Morgan fingerprint density at radius 1 is 1.60 bits per heavy atom. The van der Waals surface area contributed by atoms with Gasteiger partial charge in [-0.05, 0) is 24.3 Å². The molecule has 2 heterocycles. The van der Waals surface area contributed by atoms with Gasteiger partial charge in [-0.3, -0.25) is 9.78 Å². The van der Waals surface area contributed by atoms with Crippen LogP contribution in [0, 0.1) is 23.7 Å². The second-order valence-electron chi connectivity index (χ2n) is 5.43. The lowest BCUT2D eigenvalue weighted by atomic mass is 9.95. The molecule has 1 aromatic heterocycles. The number of pyridine rings is 1. The van der Waals surface area contributed by atoms with E-state index in [2.05, 4.69) is 30.7 Å². The Bertz CT molecular complexity index is 543. The number of hydrogen-bond donors (Lipinski definition) is 1. The summed E-state index contributed by atoms with van der Waals surface area (Å²) >= 11 is 0. The van der Waals surface area contributed by atoms with Crippen molar-refractivity contribution < 1.29 is 9.90 Å². The lowest BCUT2D eigenvalue weighted by Crippen LogP contribution is -2.30. The fraction of sp³-hybridized carbons (Fsp3) is 0.500. The highest BCUT2D eigenvalue weighted by molar-refractivity contribution is 5.96. The molecule has 1 saturated heterocycles. The van der Waals surface area contributed by atoms with Gasteiger partial charge in [0.15, 0.2) is 0 Å². The fourth-order valence-electron chi connectivity index (χ4n) is 2.50. The summed E-state index contributed by atoms with van der Waals surface area (Å²) in [5.74, 6) is 6.55. The summed E-state index contributed by atoms with van der Waals surface area (Å²) in [4.78, 5) is 18.5. The molecule has 1 aromatic rings. The van der Waals surface area contributed by atoms with E-state index < -0.39 is 0 Å². The molecule has 0 aliphatic carbocycles. The molecule has 2 rings (SSSR count). The molecule has 1 N–H and O–H groups in total. The zero-order valence-corrected chi connectivity index (χ0v) is 12.0. The van der Waals surface area contributed by atoms with Crippen LogP contribution < -0.4 is 0 Å². The first kappa shape index (κ1) is 14.5. The van der Waals surface area contributed by atoms with Crippen LogP contribution in [0.5, 0.6) is 0 Å². The zero-order valence-electron chi connectivity index (χ0n) is 12.0. The van der Waals surface area contributed by atoms with Gasteiger partial charge in [0, 0.05) is 25.5 Å². The molecule has 0 aromatic carbocycles. The summed E-state index contributed by atoms with van der Waals surface area (Å²) in [7, 11) is 0. The number of carbonyl (C=O) groups excluding carboxylic acids is 1. The summed E-state index contributed by atoms with van der Waals surface area (Å²) in [5.41, 5.74) is 1.16. The Labute approximate surface area is 119 Å². The molecular formula is C16H20N2O2. The van der Waals surface area contributed by atoms with Crippen molar-refractivity contribution >= 4 is 5.91 Å². The Kier molecular flexibility index (Phi) is 4.75. The van der Waals surface area contributed by atoms with Crippen molar-refractivity contribution in [3.8, 4) is 11.8 Å². The van der Waals surface area contributed by atoms with Gasteiger partial charge in [0.2, 0.25) is 0 Å². The van der Waals surface area contributed by atoms with E-state index in [-0.39, 0.29) is 12.5 Å². The first-order valence-electron chi connectivity index (χ1n) is 6.96. The lowest BCUT2D eigenvalue weighted by Gasteiger charge is -2.18. The summed E-state index contributed by atoms with van der Waals surface area (Å²) in [5, 5.41) is 8.78. The highest BCUT2D eigenvalue weighted by atomic mass is 16.2. The second-order valence-corrected chi connectivity index (χ2v) is 5.43. The molecule has 1 unspecified atom stereocenters. The van der Waals surface area contributed by atoms with Crippen molar-refractivity contribution in [3.05, 3.63) is 29.6 Å². The molecule has 4 heteroatoms. The predicted molar refractivity (Wildman–Crippen MR) is 77.0 cm³/mol. The van der Waals surface area contributed by atoms with Crippen molar-refractivity contribution in [2.75, 3.05) is 19.7 Å². The van der Waals surface area contributed by atoms with E-state index in [9.17, 15) is 4.79 Å². The number of amides is 1. The number of rotatable bonds is 2. The van der Waals surface area contributed by atoms with Crippen LogP contribution in [-0.4, -0.2) is 40.6 Å². The summed E-state index contributed by atoms with van der Waals surface area (Å²) in [6.07, 6.45) is 4.24. The van der Waals surface area contributed by atoms with E-state index in [0.29, 0.717) is 23.0 Å². The normalized spacial score (nSPS) is 18.0. The molecule has 0 saturated carbocycles. The van der Waals surface area contributed by atoms with Crippen molar-refractivity contribution in [1.29, 1.82) is 0 Å². The number of aliphatic hydroxyl groups is 1. The maximum absolute atomic E-state index is 12.6. The van der Waals surface area contributed by atoms with E-state index >= 15 is 0 Å². The van der Waals surface area contributed by atoms with Gasteiger partial charge in [0.25, 0.3) is 5.91 Å². The minimum Gasteiger partial charge on any atom is -0.384 e. The van der Waals surface area contributed by atoms with Crippen LogP contribution in [0.25, 0.3) is 0 Å². The zero-order chi connectivity index (χ0) is 14.5. The molecule has 1 atom stereocenters. The Balaban J connectivity index is 2.18. The third-order valence-corrected chi connectivity index (χ3v) is 3.81. The van der Waals surface area contributed by atoms with Gasteiger partial charge in [-0.1, -0.05) is 25.7 Å². The maximum atomic E-state index is 12.6. The summed E-state index contributed by atoms with van der Waals surface area (Å²) in [6.45, 7) is 5.79. The Hall–Kier alpha value is -1.86.